The maximum atomic E-state index is 12.2. The highest BCUT2D eigenvalue weighted by Gasteiger charge is 2.26. The van der Waals surface area contributed by atoms with Crippen molar-refractivity contribution < 1.29 is 23.8 Å². The zero-order valence-corrected chi connectivity index (χ0v) is 15.7. The van der Waals surface area contributed by atoms with Crippen LogP contribution in [-0.2, 0) is 25.6 Å². The van der Waals surface area contributed by atoms with Crippen LogP contribution in [0.1, 0.15) is 26.3 Å². The Labute approximate surface area is 154 Å². The average Bonchev–Trinajstić information content (AvgIpc) is 2.83. The van der Waals surface area contributed by atoms with E-state index < -0.39 is 5.60 Å². The fourth-order valence-electron chi connectivity index (χ4n) is 2.44. The Hall–Kier alpha value is -2.12. The predicted molar refractivity (Wildman–Crippen MR) is 96.7 cm³/mol. The van der Waals surface area contributed by atoms with Crippen molar-refractivity contribution in [1.82, 2.24) is 10.2 Å². The van der Waals surface area contributed by atoms with Crippen LogP contribution in [0.25, 0.3) is 0 Å². The molecule has 7 heteroatoms. The standard InChI is InChI=1S/C19H28N2O5/c1-19(2,3)26-18(23)21-9-10-24-14-16(12-21)20-11-17(22)25-13-15-7-5-4-6-8-15/h4-8,16,20H,9-14H2,1-3H3. The Bertz CT molecular complexity index is 585. The lowest BCUT2D eigenvalue weighted by Crippen LogP contribution is -2.47. The largest absolute Gasteiger partial charge is 0.460 e. The average molecular weight is 364 g/mol. The maximum Gasteiger partial charge on any atom is 0.410 e. The van der Waals surface area contributed by atoms with Gasteiger partial charge in [0.25, 0.3) is 0 Å². The van der Waals surface area contributed by atoms with Crippen LogP contribution in [0.3, 0.4) is 0 Å². The molecule has 0 bridgehead atoms. The van der Waals surface area contributed by atoms with Gasteiger partial charge in [-0.3, -0.25) is 4.79 Å². The van der Waals surface area contributed by atoms with Crippen molar-refractivity contribution in [3.63, 3.8) is 0 Å². The SMILES string of the molecule is CC(C)(C)OC(=O)N1CCOCC(NCC(=O)OCc2ccccc2)C1. The molecule has 2 rings (SSSR count). The van der Waals surface area contributed by atoms with Crippen molar-refractivity contribution in [1.29, 1.82) is 0 Å². The molecule has 1 aliphatic heterocycles. The van der Waals surface area contributed by atoms with Crippen molar-refractivity contribution >= 4 is 12.1 Å². The van der Waals surface area contributed by atoms with E-state index in [0.717, 1.165) is 5.56 Å². The van der Waals surface area contributed by atoms with Gasteiger partial charge in [-0.25, -0.2) is 4.79 Å². The van der Waals surface area contributed by atoms with Crippen LogP contribution in [-0.4, -0.2) is 61.5 Å². The zero-order valence-electron chi connectivity index (χ0n) is 15.7. The number of carbonyl (C=O) groups excluding carboxylic acids is 2. The molecule has 1 amide bonds. The summed E-state index contributed by atoms with van der Waals surface area (Å²) in [5, 5.41) is 3.10. The predicted octanol–water partition coefficient (Wildman–Crippen LogP) is 1.96. The molecular formula is C19H28N2O5. The number of nitrogens with one attached hydrogen (secondary N) is 1. The number of hydrogen-bond acceptors (Lipinski definition) is 6. The molecular weight excluding hydrogens is 336 g/mol. The summed E-state index contributed by atoms with van der Waals surface area (Å²) in [6.07, 6.45) is -0.374. The first-order chi connectivity index (χ1) is 12.3. The molecule has 0 aromatic heterocycles. The minimum atomic E-state index is -0.547. The maximum absolute atomic E-state index is 12.2. The van der Waals surface area contributed by atoms with E-state index in [-0.39, 0.29) is 31.3 Å². The van der Waals surface area contributed by atoms with Crippen molar-refractivity contribution in [2.75, 3.05) is 32.8 Å². The third-order valence-electron chi connectivity index (χ3n) is 3.69. The van der Waals surface area contributed by atoms with Gasteiger partial charge in [-0.1, -0.05) is 30.3 Å². The summed E-state index contributed by atoms with van der Waals surface area (Å²) in [4.78, 5) is 25.8. The van der Waals surface area contributed by atoms with E-state index in [9.17, 15) is 9.59 Å². The van der Waals surface area contributed by atoms with Crippen LogP contribution in [0.2, 0.25) is 0 Å². The van der Waals surface area contributed by atoms with E-state index in [1.165, 1.54) is 0 Å². The van der Waals surface area contributed by atoms with Crippen LogP contribution in [0.15, 0.2) is 30.3 Å². The van der Waals surface area contributed by atoms with Crippen LogP contribution < -0.4 is 5.32 Å². The topological polar surface area (TPSA) is 77.1 Å². The molecule has 0 saturated carbocycles. The molecule has 1 unspecified atom stereocenters. The first-order valence-electron chi connectivity index (χ1n) is 8.82. The van der Waals surface area contributed by atoms with Gasteiger partial charge in [-0.2, -0.15) is 0 Å². The van der Waals surface area contributed by atoms with Gasteiger partial charge in [0.2, 0.25) is 0 Å². The number of hydrogen-bond donors (Lipinski definition) is 1. The number of nitrogens with zero attached hydrogens (tertiary/aromatic N) is 1. The highest BCUT2D eigenvalue weighted by atomic mass is 16.6. The number of benzene rings is 1. The van der Waals surface area contributed by atoms with Crippen molar-refractivity contribution in [2.45, 2.75) is 39.0 Å². The molecule has 1 heterocycles. The second-order valence-corrected chi connectivity index (χ2v) is 7.23. The number of carbonyl (C=O) groups is 2. The quantitative estimate of drug-likeness (QED) is 0.805. The molecule has 1 fully saturated rings. The zero-order chi connectivity index (χ0) is 19.0. The summed E-state index contributed by atoms with van der Waals surface area (Å²) in [6, 6.07) is 9.35. The molecule has 144 valence electrons. The van der Waals surface area contributed by atoms with Gasteiger partial charge in [0, 0.05) is 19.1 Å². The van der Waals surface area contributed by atoms with E-state index >= 15 is 0 Å². The molecule has 1 saturated heterocycles. The number of esters is 1. The molecule has 1 aromatic rings. The van der Waals surface area contributed by atoms with Crippen LogP contribution in [0, 0.1) is 0 Å². The summed E-state index contributed by atoms with van der Waals surface area (Å²) >= 11 is 0. The van der Waals surface area contributed by atoms with E-state index in [1.807, 2.05) is 51.1 Å². The van der Waals surface area contributed by atoms with E-state index in [2.05, 4.69) is 5.32 Å². The molecule has 0 spiro atoms. The van der Waals surface area contributed by atoms with Crippen molar-refractivity contribution in [3.05, 3.63) is 35.9 Å². The lowest BCUT2D eigenvalue weighted by molar-refractivity contribution is -0.144. The van der Waals surface area contributed by atoms with Gasteiger partial charge in [-0.15, -0.1) is 0 Å². The summed E-state index contributed by atoms with van der Waals surface area (Å²) in [5.41, 5.74) is 0.392. The van der Waals surface area contributed by atoms with Crippen LogP contribution in [0.4, 0.5) is 4.79 Å². The minimum absolute atomic E-state index is 0.0586. The second kappa shape index (κ2) is 9.54. The molecule has 0 radical (unpaired) electrons. The Morgan fingerprint density at radius 1 is 1.27 bits per heavy atom. The molecule has 26 heavy (non-hydrogen) atoms. The van der Waals surface area contributed by atoms with E-state index in [1.54, 1.807) is 4.90 Å². The molecule has 7 nitrogen and oxygen atoms in total. The number of rotatable bonds is 5. The molecule has 1 aliphatic rings. The smallest absolute Gasteiger partial charge is 0.410 e. The summed E-state index contributed by atoms with van der Waals surface area (Å²) in [7, 11) is 0. The lowest BCUT2D eigenvalue weighted by Gasteiger charge is -2.28. The van der Waals surface area contributed by atoms with Gasteiger partial charge in [0.15, 0.2) is 0 Å². The third kappa shape index (κ3) is 7.41. The second-order valence-electron chi connectivity index (χ2n) is 7.23. The molecule has 0 aliphatic carbocycles. The normalized spacial score (nSPS) is 18.1. The summed E-state index contributed by atoms with van der Waals surface area (Å²) < 4.78 is 16.2. The highest BCUT2D eigenvalue weighted by Crippen LogP contribution is 2.11. The number of ether oxygens (including phenoxy) is 3. The van der Waals surface area contributed by atoms with Crippen LogP contribution >= 0.6 is 0 Å². The Morgan fingerprint density at radius 3 is 2.69 bits per heavy atom. The highest BCUT2D eigenvalue weighted by molar-refractivity contribution is 5.71. The van der Waals surface area contributed by atoms with Gasteiger partial charge in [-0.05, 0) is 26.3 Å². The fourth-order valence-corrected chi connectivity index (χ4v) is 2.44. The van der Waals surface area contributed by atoms with E-state index in [0.29, 0.717) is 26.3 Å². The molecule has 1 atom stereocenters. The van der Waals surface area contributed by atoms with Crippen molar-refractivity contribution in [3.8, 4) is 0 Å². The summed E-state index contributed by atoms with van der Waals surface area (Å²) in [5.74, 6) is -0.345. The Morgan fingerprint density at radius 2 is 2.00 bits per heavy atom. The minimum Gasteiger partial charge on any atom is -0.460 e. The van der Waals surface area contributed by atoms with Gasteiger partial charge in [0.05, 0.1) is 19.8 Å². The monoisotopic (exact) mass is 364 g/mol. The van der Waals surface area contributed by atoms with Gasteiger partial charge >= 0.3 is 12.1 Å². The summed E-state index contributed by atoms with van der Waals surface area (Å²) in [6.45, 7) is 7.54. The third-order valence-corrected chi connectivity index (χ3v) is 3.69. The van der Waals surface area contributed by atoms with Gasteiger partial charge in [0.1, 0.15) is 12.2 Å². The van der Waals surface area contributed by atoms with Crippen molar-refractivity contribution in [2.24, 2.45) is 0 Å². The van der Waals surface area contributed by atoms with Gasteiger partial charge < -0.3 is 24.4 Å². The fraction of sp³-hybridized carbons (Fsp3) is 0.579. The molecule has 1 aromatic carbocycles. The van der Waals surface area contributed by atoms with Crippen LogP contribution in [0.5, 0.6) is 0 Å². The first kappa shape index (κ1) is 20.2. The molecule has 1 N–H and O–H groups in total. The Kier molecular flexibility index (Phi) is 7.41. The first-order valence-corrected chi connectivity index (χ1v) is 8.82. The Balaban J connectivity index is 1.76. The van der Waals surface area contributed by atoms with E-state index in [4.69, 9.17) is 14.2 Å². The number of amides is 1. The lowest BCUT2D eigenvalue weighted by atomic mass is 10.2.